The van der Waals surface area contributed by atoms with Gasteiger partial charge in [0, 0.05) is 29.9 Å². The number of hydrogen-bond donors (Lipinski definition) is 2. The number of nitrogens with zero attached hydrogens (tertiary/aromatic N) is 4. The normalized spacial score (nSPS) is 12.1. The number of aromatic amines is 1. The second-order valence-corrected chi connectivity index (χ2v) is 7.98. The lowest BCUT2D eigenvalue weighted by atomic mass is 10.2. The molecule has 1 atom stereocenters. The van der Waals surface area contributed by atoms with Gasteiger partial charge in [0.1, 0.15) is 11.5 Å². The molecule has 1 amide bonds. The van der Waals surface area contributed by atoms with Crippen LogP contribution in [0.1, 0.15) is 16.1 Å². The maximum absolute atomic E-state index is 12.5. The number of hydrogen-bond acceptors (Lipinski definition) is 6. The van der Waals surface area contributed by atoms with Gasteiger partial charge in [-0.3, -0.25) is 9.00 Å². The summed E-state index contributed by atoms with van der Waals surface area (Å²) in [6.07, 6.45) is 4.59. The number of pyridine rings is 1. The van der Waals surface area contributed by atoms with Crippen LogP contribution in [-0.4, -0.2) is 41.3 Å². The molecule has 0 saturated heterocycles. The first kappa shape index (κ1) is 19.2. The molecule has 29 heavy (non-hydrogen) atoms. The molecule has 0 aliphatic heterocycles. The van der Waals surface area contributed by atoms with Gasteiger partial charge in [0.05, 0.1) is 21.3 Å². The van der Waals surface area contributed by atoms with Gasteiger partial charge in [-0.1, -0.05) is 11.6 Å². The molecule has 10 heteroatoms. The van der Waals surface area contributed by atoms with Crippen molar-refractivity contribution in [1.29, 1.82) is 0 Å². The zero-order chi connectivity index (χ0) is 20.5. The number of benzene rings is 1. The van der Waals surface area contributed by atoms with Crippen LogP contribution in [0.5, 0.6) is 0 Å². The molecule has 0 aliphatic rings. The molecule has 0 saturated carbocycles. The van der Waals surface area contributed by atoms with Crippen molar-refractivity contribution in [3.05, 3.63) is 59.0 Å². The van der Waals surface area contributed by atoms with E-state index in [1.165, 1.54) is 18.5 Å². The fraction of sp³-hybridized carbons (Fsp3) is 0.105. The highest BCUT2D eigenvalue weighted by molar-refractivity contribution is 7.84. The number of carbonyl (C=O) groups excluding carboxylic acids is 1. The van der Waals surface area contributed by atoms with Crippen molar-refractivity contribution >= 4 is 45.2 Å². The maximum atomic E-state index is 12.5. The average Bonchev–Trinajstić information content (AvgIpc) is 3.12. The Morgan fingerprint density at radius 1 is 1.17 bits per heavy atom. The Kier molecular flexibility index (Phi) is 5.08. The highest BCUT2D eigenvalue weighted by atomic mass is 35.5. The number of H-pyrrole nitrogens is 1. The molecule has 0 bridgehead atoms. The lowest BCUT2D eigenvalue weighted by Crippen LogP contribution is -2.15. The number of aryl methyl sites for hydroxylation is 1. The number of nitrogens with one attached hydrogen (secondary N) is 2. The van der Waals surface area contributed by atoms with Crippen LogP contribution in [0.4, 0.5) is 5.69 Å². The number of imidazole rings is 1. The smallest absolute Gasteiger partial charge is 0.274 e. The minimum absolute atomic E-state index is 0.0968. The molecule has 0 fully saturated rings. The Morgan fingerprint density at radius 3 is 2.79 bits per heavy atom. The second kappa shape index (κ2) is 7.69. The summed E-state index contributed by atoms with van der Waals surface area (Å²) in [5.41, 5.74) is 3.64. The molecule has 146 valence electrons. The summed E-state index contributed by atoms with van der Waals surface area (Å²) in [4.78, 5) is 32.4. The maximum Gasteiger partial charge on any atom is 0.274 e. The Morgan fingerprint density at radius 2 is 2.00 bits per heavy atom. The van der Waals surface area contributed by atoms with Crippen molar-refractivity contribution in [3.8, 4) is 11.4 Å². The van der Waals surface area contributed by atoms with Crippen LogP contribution in [0.3, 0.4) is 0 Å². The number of amides is 1. The number of anilines is 1. The Bertz CT molecular complexity index is 1270. The van der Waals surface area contributed by atoms with E-state index in [4.69, 9.17) is 11.6 Å². The van der Waals surface area contributed by atoms with E-state index in [2.05, 4.69) is 30.2 Å². The first-order valence-electron chi connectivity index (χ1n) is 8.51. The first-order valence-corrected chi connectivity index (χ1v) is 10.4. The van der Waals surface area contributed by atoms with Gasteiger partial charge in [0.2, 0.25) is 5.16 Å². The van der Waals surface area contributed by atoms with E-state index in [0.717, 1.165) is 11.1 Å². The lowest BCUT2D eigenvalue weighted by molar-refractivity contribution is 0.102. The Labute approximate surface area is 173 Å². The molecule has 1 aromatic carbocycles. The van der Waals surface area contributed by atoms with Gasteiger partial charge in [0.25, 0.3) is 5.91 Å². The summed E-state index contributed by atoms with van der Waals surface area (Å²) in [6, 6.07) is 8.46. The van der Waals surface area contributed by atoms with E-state index in [1.807, 2.05) is 13.0 Å². The zero-order valence-electron chi connectivity index (χ0n) is 15.4. The van der Waals surface area contributed by atoms with E-state index >= 15 is 0 Å². The van der Waals surface area contributed by atoms with Crippen molar-refractivity contribution in [2.75, 3.05) is 11.6 Å². The Hall–Kier alpha value is -3.17. The lowest BCUT2D eigenvalue weighted by Gasteiger charge is -2.08. The van der Waals surface area contributed by atoms with E-state index in [1.54, 1.807) is 24.4 Å². The van der Waals surface area contributed by atoms with E-state index in [9.17, 15) is 9.00 Å². The highest BCUT2D eigenvalue weighted by Crippen LogP contribution is 2.30. The summed E-state index contributed by atoms with van der Waals surface area (Å²) < 4.78 is 11.5. The summed E-state index contributed by atoms with van der Waals surface area (Å²) in [5, 5.41) is 3.33. The SMILES string of the molecule is Cc1cnc2nc(-c3cc(NC(=O)c4ccnc(S(C)=O)n4)ccc3Cl)[nH]c2c1. The van der Waals surface area contributed by atoms with Crippen LogP contribution in [0.15, 0.2) is 47.9 Å². The van der Waals surface area contributed by atoms with E-state index in [0.29, 0.717) is 27.7 Å². The largest absolute Gasteiger partial charge is 0.337 e. The Balaban J connectivity index is 1.65. The zero-order valence-corrected chi connectivity index (χ0v) is 17.0. The number of aromatic nitrogens is 5. The predicted octanol–water partition coefficient (Wildman–Crippen LogP) is 3.37. The molecule has 0 aliphatic carbocycles. The standard InChI is InChI=1S/C19H15ClN6O2S/c1-10-7-15-17(22-9-10)26-16(24-15)12-8-11(3-4-13(12)20)23-18(27)14-5-6-21-19(25-14)29(2)28/h3-9H,1-2H3,(H,23,27)(H,22,24,26). The molecule has 3 heterocycles. The van der Waals surface area contributed by atoms with Crippen molar-refractivity contribution in [2.24, 2.45) is 0 Å². The monoisotopic (exact) mass is 426 g/mol. The summed E-state index contributed by atoms with van der Waals surface area (Å²) in [5.74, 6) is 0.0965. The molecule has 3 aromatic heterocycles. The molecule has 2 N–H and O–H groups in total. The van der Waals surface area contributed by atoms with Gasteiger partial charge >= 0.3 is 0 Å². The van der Waals surface area contributed by atoms with Crippen molar-refractivity contribution in [2.45, 2.75) is 12.1 Å². The summed E-state index contributed by atoms with van der Waals surface area (Å²) >= 11 is 6.35. The molecule has 0 spiro atoms. The minimum atomic E-state index is -1.38. The van der Waals surface area contributed by atoms with Gasteiger partial charge in [-0.15, -0.1) is 0 Å². The van der Waals surface area contributed by atoms with E-state index in [-0.39, 0.29) is 10.9 Å². The third kappa shape index (κ3) is 4.01. The second-order valence-electron chi connectivity index (χ2n) is 6.30. The van der Waals surface area contributed by atoms with Gasteiger partial charge in [-0.05, 0) is 42.8 Å². The molecular formula is C19H15ClN6O2S. The van der Waals surface area contributed by atoms with E-state index < -0.39 is 16.7 Å². The first-order chi connectivity index (χ1) is 13.9. The number of fused-ring (bicyclic) bond motifs is 1. The van der Waals surface area contributed by atoms with Gasteiger partial charge < -0.3 is 10.3 Å². The van der Waals surface area contributed by atoms with Crippen LogP contribution in [0.2, 0.25) is 5.02 Å². The fourth-order valence-electron chi connectivity index (χ4n) is 2.72. The van der Waals surface area contributed by atoms with Crippen LogP contribution in [0, 0.1) is 6.92 Å². The number of carbonyl (C=O) groups is 1. The molecule has 4 rings (SSSR count). The van der Waals surface area contributed by atoms with Crippen molar-refractivity contribution in [3.63, 3.8) is 0 Å². The minimum Gasteiger partial charge on any atom is -0.337 e. The molecule has 8 nitrogen and oxygen atoms in total. The number of halogens is 1. The molecule has 1 unspecified atom stereocenters. The molecular weight excluding hydrogens is 412 g/mol. The van der Waals surface area contributed by atoms with Crippen LogP contribution >= 0.6 is 11.6 Å². The van der Waals surface area contributed by atoms with Gasteiger partial charge in [-0.25, -0.2) is 19.9 Å². The topological polar surface area (TPSA) is 114 Å². The van der Waals surface area contributed by atoms with Crippen molar-refractivity contribution < 1.29 is 9.00 Å². The van der Waals surface area contributed by atoms with Crippen LogP contribution in [-0.2, 0) is 10.8 Å². The third-order valence-electron chi connectivity index (χ3n) is 4.08. The fourth-order valence-corrected chi connectivity index (χ4v) is 3.36. The van der Waals surface area contributed by atoms with Crippen molar-refractivity contribution in [1.82, 2.24) is 24.9 Å². The quantitative estimate of drug-likeness (QED) is 0.483. The van der Waals surface area contributed by atoms with Crippen LogP contribution < -0.4 is 5.32 Å². The third-order valence-corrected chi connectivity index (χ3v) is 5.12. The van der Waals surface area contributed by atoms with Gasteiger partial charge in [-0.2, -0.15) is 0 Å². The average molecular weight is 427 g/mol. The summed E-state index contributed by atoms with van der Waals surface area (Å²) in [6.45, 7) is 1.95. The van der Waals surface area contributed by atoms with Crippen LogP contribution in [0.25, 0.3) is 22.6 Å². The van der Waals surface area contributed by atoms with Gasteiger partial charge in [0.15, 0.2) is 5.65 Å². The number of rotatable bonds is 4. The summed E-state index contributed by atoms with van der Waals surface area (Å²) in [7, 11) is -1.38. The predicted molar refractivity (Wildman–Crippen MR) is 111 cm³/mol. The molecule has 0 radical (unpaired) electrons. The highest BCUT2D eigenvalue weighted by Gasteiger charge is 2.14. The molecule has 4 aromatic rings.